The minimum atomic E-state index is -0.143. The highest BCUT2D eigenvalue weighted by Crippen LogP contribution is 2.47. The summed E-state index contributed by atoms with van der Waals surface area (Å²) in [5.74, 6) is 0. The molecule has 2 aromatic heterocycles. The van der Waals surface area contributed by atoms with Gasteiger partial charge in [0.1, 0.15) is 0 Å². The van der Waals surface area contributed by atoms with Gasteiger partial charge in [-0.2, -0.15) is 0 Å². The van der Waals surface area contributed by atoms with Crippen LogP contribution in [0, 0.1) is 0 Å². The number of rotatable bonds is 8. The first-order valence-corrected chi connectivity index (χ1v) is 29.7. The first-order chi connectivity index (χ1) is 38.4. The van der Waals surface area contributed by atoms with E-state index in [1.165, 1.54) is 77.0 Å². The van der Waals surface area contributed by atoms with Crippen LogP contribution >= 0.6 is 0 Å². The van der Waals surface area contributed by atoms with Crippen molar-refractivity contribution in [2.45, 2.75) is 157 Å². The van der Waals surface area contributed by atoms with Gasteiger partial charge < -0.3 is 19.8 Å². The normalized spacial score (nSPS) is 13.0. The van der Waals surface area contributed by atoms with E-state index in [9.17, 15) is 0 Å². The second-order valence-corrected chi connectivity index (χ2v) is 29.4. The number of aromatic nitrogens is 2. The Balaban J connectivity index is 1.16. The Morgan fingerprint density at radius 3 is 0.890 bits per heavy atom. The first-order valence-electron chi connectivity index (χ1n) is 29.7. The monoisotopic (exact) mass is 1080 g/mol. The van der Waals surface area contributed by atoms with Gasteiger partial charge in [-0.05, 0) is 168 Å². The maximum absolute atomic E-state index is 4.19. The molecule has 2 N–H and O–H groups in total. The summed E-state index contributed by atoms with van der Waals surface area (Å²) in [6.07, 6.45) is 0. The van der Waals surface area contributed by atoms with Gasteiger partial charge in [-0.1, -0.05) is 204 Å². The van der Waals surface area contributed by atoms with Crippen molar-refractivity contribution in [3.05, 3.63) is 204 Å². The third-order valence-corrected chi connectivity index (χ3v) is 16.9. The summed E-state index contributed by atoms with van der Waals surface area (Å²) in [6, 6.07) is 69.4. The van der Waals surface area contributed by atoms with Gasteiger partial charge in [0, 0.05) is 88.7 Å². The largest absolute Gasteiger partial charge is 0.354 e. The van der Waals surface area contributed by atoms with Crippen molar-refractivity contribution < 1.29 is 0 Å². The van der Waals surface area contributed by atoms with Gasteiger partial charge in [0.2, 0.25) is 0 Å². The molecular weight excluding hydrogens is 993 g/mol. The highest BCUT2D eigenvalue weighted by atomic mass is 15.1. The van der Waals surface area contributed by atoms with Crippen LogP contribution < -0.4 is 10.6 Å². The smallest absolute Gasteiger partial charge is 0.0502 e. The van der Waals surface area contributed by atoms with Gasteiger partial charge in [0.25, 0.3) is 0 Å². The van der Waals surface area contributed by atoms with E-state index >= 15 is 0 Å². The van der Waals surface area contributed by atoms with Gasteiger partial charge in [0.05, 0.1) is 11.0 Å². The molecule has 11 rings (SSSR count). The van der Waals surface area contributed by atoms with Gasteiger partial charge in [-0.15, -0.1) is 0 Å². The summed E-state index contributed by atoms with van der Waals surface area (Å²) in [4.78, 5) is 0. The number of benzene rings is 9. The summed E-state index contributed by atoms with van der Waals surface area (Å²) in [6.45, 7) is 41.5. The molecule has 9 aromatic carbocycles. The fourth-order valence-corrected chi connectivity index (χ4v) is 12.3. The summed E-state index contributed by atoms with van der Waals surface area (Å²) >= 11 is 0. The molecule has 0 aliphatic rings. The van der Waals surface area contributed by atoms with Gasteiger partial charge in [0.15, 0.2) is 0 Å². The molecular formula is C78H86N4. The molecule has 4 heteroatoms. The van der Waals surface area contributed by atoms with Crippen LogP contribution in [-0.4, -0.2) is 9.13 Å². The molecule has 0 saturated heterocycles. The second kappa shape index (κ2) is 20.0. The molecule has 0 fully saturated rings. The van der Waals surface area contributed by atoms with Crippen LogP contribution in [0.1, 0.15) is 147 Å². The van der Waals surface area contributed by atoms with E-state index < -0.39 is 0 Å². The van der Waals surface area contributed by atoms with E-state index in [0.717, 1.165) is 56.1 Å². The zero-order valence-electron chi connectivity index (χ0n) is 52.2. The second-order valence-electron chi connectivity index (χ2n) is 29.4. The van der Waals surface area contributed by atoms with Crippen LogP contribution in [0.4, 0.5) is 22.7 Å². The molecule has 418 valence electrons. The molecule has 0 amide bonds. The minimum absolute atomic E-state index is 0.00490. The molecule has 0 atom stereocenters. The van der Waals surface area contributed by atoms with E-state index in [1.807, 2.05) is 0 Å². The Hall–Kier alpha value is -7.82. The Labute approximate surface area is 489 Å². The Bertz CT molecular complexity index is 3960. The first kappa shape index (κ1) is 56.1. The number of para-hydroxylation sites is 2. The number of anilines is 4. The van der Waals surface area contributed by atoms with Crippen molar-refractivity contribution in [3.63, 3.8) is 0 Å². The Morgan fingerprint density at radius 1 is 0.244 bits per heavy atom. The molecule has 82 heavy (non-hydrogen) atoms. The Morgan fingerprint density at radius 2 is 0.549 bits per heavy atom. The van der Waals surface area contributed by atoms with Crippen molar-refractivity contribution in [1.29, 1.82) is 0 Å². The van der Waals surface area contributed by atoms with Gasteiger partial charge in [-0.25, -0.2) is 0 Å². The zero-order chi connectivity index (χ0) is 58.6. The molecule has 0 saturated carbocycles. The van der Waals surface area contributed by atoms with E-state index in [4.69, 9.17) is 0 Å². The highest BCUT2D eigenvalue weighted by Gasteiger charge is 2.27. The molecule has 0 aliphatic carbocycles. The average Bonchev–Trinajstić information content (AvgIpc) is 4.18. The zero-order valence-corrected chi connectivity index (χ0v) is 52.2. The maximum Gasteiger partial charge on any atom is 0.0502 e. The van der Waals surface area contributed by atoms with Crippen LogP contribution in [-0.2, 0) is 32.7 Å². The SMILES string of the molecule is CC(C)(C)c1ccc(-c2cc(-c3ccc(C(C)(C)C)cc3)c(Nc3ccc(C(C)(C)C)cc3-c3ccc4c5ccccc5n(C(C)(C)C)c4c3)cc2Nc2ccc(C(C)(C)C)cc2-c2ccc3c4ccccc4n(C(C)(C)C)c3c2)cc1. The molecule has 0 bridgehead atoms. The lowest BCUT2D eigenvalue weighted by Crippen LogP contribution is -2.21. The third-order valence-electron chi connectivity index (χ3n) is 16.9. The minimum Gasteiger partial charge on any atom is -0.354 e. The molecule has 0 aliphatic heterocycles. The predicted octanol–water partition coefficient (Wildman–Crippen LogP) is 22.8. The lowest BCUT2D eigenvalue weighted by atomic mass is 9.84. The van der Waals surface area contributed by atoms with Crippen LogP contribution in [0.3, 0.4) is 0 Å². The predicted molar refractivity (Wildman–Crippen MR) is 358 cm³/mol. The quantitative estimate of drug-likeness (QED) is 0.159. The van der Waals surface area contributed by atoms with Gasteiger partial charge >= 0.3 is 0 Å². The van der Waals surface area contributed by atoms with E-state index in [0.29, 0.717) is 0 Å². The van der Waals surface area contributed by atoms with Crippen LogP contribution in [0.5, 0.6) is 0 Å². The Kier molecular flexibility index (Phi) is 13.7. The van der Waals surface area contributed by atoms with Crippen molar-refractivity contribution in [2.75, 3.05) is 10.6 Å². The van der Waals surface area contributed by atoms with Crippen molar-refractivity contribution in [2.24, 2.45) is 0 Å². The third kappa shape index (κ3) is 10.6. The van der Waals surface area contributed by atoms with Crippen LogP contribution in [0.25, 0.3) is 88.1 Å². The number of fused-ring (bicyclic) bond motifs is 6. The van der Waals surface area contributed by atoms with Gasteiger partial charge in [-0.3, -0.25) is 0 Å². The lowest BCUT2D eigenvalue weighted by Gasteiger charge is -2.26. The van der Waals surface area contributed by atoms with Crippen LogP contribution in [0.15, 0.2) is 182 Å². The van der Waals surface area contributed by atoms with Crippen molar-refractivity contribution in [1.82, 2.24) is 9.13 Å². The number of nitrogens with one attached hydrogen (secondary N) is 2. The maximum atomic E-state index is 4.19. The summed E-state index contributed by atoms with van der Waals surface area (Å²) in [5.41, 5.74) is 23.1. The van der Waals surface area contributed by atoms with Crippen molar-refractivity contribution in [3.8, 4) is 44.5 Å². The van der Waals surface area contributed by atoms with Crippen molar-refractivity contribution >= 4 is 66.4 Å². The number of hydrogen-bond donors (Lipinski definition) is 2. The molecule has 2 heterocycles. The topological polar surface area (TPSA) is 33.9 Å². The summed E-state index contributed by atoms with van der Waals surface area (Å²) in [5, 5.41) is 13.5. The molecule has 0 unspecified atom stereocenters. The average molecular weight is 1080 g/mol. The molecule has 0 spiro atoms. The molecule has 0 radical (unpaired) electrons. The molecule has 11 aromatic rings. The van der Waals surface area contributed by atoms with E-state index in [-0.39, 0.29) is 32.7 Å². The van der Waals surface area contributed by atoms with Crippen LogP contribution in [0.2, 0.25) is 0 Å². The van der Waals surface area contributed by atoms with E-state index in [1.54, 1.807) is 0 Å². The number of nitrogens with zero attached hydrogens (tertiary/aromatic N) is 2. The fraction of sp³-hybridized carbons (Fsp3) is 0.308. The summed E-state index contributed by atoms with van der Waals surface area (Å²) in [7, 11) is 0. The molecule has 4 nitrogen and oxygen atoms in total. The standard InChI is InChI=1S/C78H86N4/c1-73(2,3)53-33-27-49(28-34-53)63-47-64(50-29-35-54(36-30-50)74(4,5)6)68(80-66-42-38-56(76(10,11)12)46-62(66)52-32-40-60-58-24-20-22-26-70(58)82(72(60)44-52)78(16,17)18)48-67(63)79-65-41-37-55(75(7,8)9)45-61(65)51-31-39-59-57-23-19-21-25-69(57)81(71(59)43-51)77(13,14)15/h19-48,79-80H,1-18H3. The summed E-state index contributed by atoms with van der Waals surface area (Å²) < 4.78 is 5.05. The number of hydrogen-bond acceptors (Lipinski definition) is 2. The lowest BCUT2D eigenvalue weighted by molar-refractivity contribution is 0.423. The highest BCUT2D eigenvalue weighted by molar-refractivity contribution is 6.11. The van der Waals surface area contributed by atoms with E-state index in [2.05, 4.69) is 326 Å². The fourth-order valence-electron chi connectivity index (χ4n) is 12.3.